The van der Waals surface area contributed by atoms with Gasteiger partial charge in [0.2, 0.25) is 0 Å². The summed E-state index contributed by atoms with van der Waals surface area (Å²) in [5, 5.41) is 19.8. The Balaban J connectivity index is 2.04. The standard InChI is InChI=1S/C13H22O3/c1-9(2)10-3-5-13(16,6-4-10)12(7-8-12)11(14)15/h9-10,16H,3-8H2,1-2H3,(H,14,15). The number of carboxylic acids is 1. The van der Waals surface area contributed by atoms with Crippen LogP contribution < -0.4 is 0 Å². The van der Waals surface area contributed by atoms with Crippen LogP contribution in [0.2, 0.25) is 0 Å². The molecule has 2 fully saturated rings. The smallest absolute Gasteiger partial charge is 0.312 e. The first-order valence-corrected chi connectivity index (χ1v) is 6.37. The molecule has 0 heterocycles. The molecule has 2 aliphatic carbocycles. The fourth-order valence-corrected chi connectivity index (χ4v) is 3.27. The predicted molar refractivity (Wildman–Crippen MR) is 61.0 cm³/mol. The Morgan fingerprint density at radius 1 is 1.19 bits per heavy atom. The van der Waals surface area contributed by atoms with Gasteiger partial charge < -0.3 is 10.2 Å². The van der Waals surface area contributed by atoms with Crippen LogP contribution in [0.1, 0.15) is 52.4 Å². The number of hydrogen-bond acceptors (Lipinski definition) is 2. The molecule has 0 bridgehead atoms. The number of carbonyl (C=O) groups is 1. The summed E-state index contributed by atoms with van der Waals surface area (Å²) in [6.45, 7) is 4.41. The predicted octanol–water partition coefficient (Wildman–Crippen LogP) is 2.43. The lowest BCUT2D eigenvalue weighted by molar-refractivity contribution is -0.160. The van der Waals surface area contributed by atoms with Crippen molar-refractivity contribution in [3.63, 3.8) is 0 Å². The van der Waals surface area contributed by atoms with Crippen LogP contribution in [0.4, 0.5) is 0 Å². The molecule has 16 heavy (non-hydrogen) atoms. The van der Waals surface area contributed by atoms with Crippen molar-refractivity contribution in [3.05, 3.63) is 0 Å². The molecule has 2 saturated carbocycles. The van der Waals surface area contributed by atoms with E-state index >= 15 is 0 Å². The summed E-state index contributed by atoms with van der Waals surface area (Å²) in [4.78, 5) is 11.2. The lowest BCUT2D eigenvalue weighted by atomic mass is 9.68. The van der Waals surface area contributed by atoms with Gasteiger partial charge in [-0.1, -0.05) is 13.8 Å². The van der Waals surface area contributed by atoms with Crippen molar-refractivity contribution in [2.45, 2.75) is 58.0 Å². The maximum Gasteiger partial charge on any atom is 0.312 e. The number of hydrogen-bond donors (Lipinski definition) is 2. The molecular weight excluding hydrogens is 204 g/mol. The minimum absolute atomic E-state index is 0.643. The summed E-state index contributed by atoms with van der Waals surface area (Å²) in [7, 11) is 0. The minimum Gasteiger partial charge on any atom is -0.481 e. The number of rotatable bonds is 3. The van der Waals surface area contributed by atoms with Crippen LogP contribution in [0.3, 0.4) is 0 Å². The monoisotopic (exact) mass is 226 g/mol. The highest BCUT2D eigenvalue weighted by atomic mass is 16.4. The van der Waals surface area contributed by atoms with Crippen molar-refractivity contribution >= 4 is 5.97 Å². The van der Waals surface area contributed by atoms with Gasteiger partial charge in [0.05, 0.1) is 11.0 Å². The quantitative estimate of drug-likeness (QED) is 0.777. The molecule has 0 aliphatic heterocycles. The Bertz CT molecular complexity index is 284. The van der Waals surface area contributed by atoms with Gasteiger partial charge in [0.25, 0.3) is 0 Å². The van der Waals surface area contributed by atoms with Crippen LogP contribution in [0.5, 0.6) is 0 Å². The average molecular weight is 226 g/mol. The van der Waals surface area contributed by atoms with E-state index in [2.05, 4.69) is 13.8 Å². The van der Waals surface area contributed by atoms with Crippen LogP contribution in [-0.2, 0) is 4.79 Å². The molecule has 92 valence electrons. The Hall–Kier alpha value is -0.570. The largest absolute Gasteiger partial charge is 0.481 e. The van der Waals surface area contributed by atoms with Crippen LogP contribution in [0.25, 0.3) is 0 Å². The zero-order chi connectivity index (χ0) is 12.0. The third-order valence-corrected chi connectivity index (χ3v) is 4.85. The van der Waals surface area contributed by atoms with Crippen LogP contribution in [0.15, 0.2) is 0 Å². The third kappa shape index (κ3) is 1.65. The first-order chi connectivity index (χ1) is 7.41. The second-order valence-electron chi connectivity index (χ2n) is 6.00. The van der Waals surface area contributed by atoms with Crippen molar-refractivity contribution in [2.24, 2.45) is 17.3 Å². The second-order valence-corrected chi connectivity index (χ2v) is 6.00. The molecule has 3 heteroatoms. The van der Waals surface area contributed by atoms with Gasteiger partial charge in [-0.15, -0.1) is 0 Å². The van der Waals surface area contributed by atoms with Crippen molar-refractivity contribution in [2.75, 3.05) is 0 Å². The normalized spacial score (nSPS) is 37.4. The number of carboxylic acid groups (broad SMARTS) is 1. The summed E-state index contributed by atoms with van der Waals surface area (Å²) in [5.41, 5.74) is -1.72. The van der Waals surface area contributed by atoms with Crippen molar-refractivity contribution in [1.82, 2.24) is 0 Å². The van der Waals surface area contributed by atoms with Crippen molar-refractivity contribution in [3.8, 4) is 0 Å². The molecular formula is C13H22O3. The lowest BCUT2D eigenvalue weighted by Gasteiger charge is -2.41. The maximum absolute atomic E-state index is 11.2. The van der Waals surface area contributed by atoms with E-state index in [1.807, 2.05) is 0 Å². The highest BCUT2D eigenvalue weighted by Crippen LogP contribution is 2.59. The molecule has 0 unspecified atom stereocenters. The zero-order valence-corrected chi connectivity index (χ0v) is 10.2. The third-order valence-electron chi connectivity index (χ3n) is 4.85. The van der Waals surface area contributed by atoms with Gasteiger partial charge in [-0.25, -0.2) is 0 Å². The van der Waals surface area contributed by atoms with Gasteiger partial charge in [-0.2, -0.15) is 0 Å². The van der Waals surface area contributed by atoms with Gasteiger partial charge in [-0.3, -0.25) is 4.79 Å². The second kappa shape index (κ2) is 3.73. The van der Waals surface area contributed by atoms with Crippen molar-refractivity contribution in [1.29, 1.82) is 0 Å². The molecule has 0 saturated heterocycles. The molecule has 0 amide bonds. The highest BCUT2D eigenvalue weighted by Gasteiger charge is 2.64. The van der Waals surface area contributed by atoms with Gasteiger partial charge >= 0.3 is 5.97 Å². The molecule has 3 nitrogen and oxygen atoms in total. The SMILES string of the molecule is CC(C)C1CCC(O)(C2(C(=O)O)CC2)CC1. The van der Waals surface area contributed by atoms with Crippen molar-refractivity contribution < 1.29 is 15.0 Å². The molecule has 0 aromatic carbocycles. The Morgan fingerprint density at radius 3 is 2.00 bits per heavy atom. The summed E-state index contributed by atoms with van der Waals surface area (Å²) >= 11 is 0. The molecule has 2 rings (SSSR count). The van der Waals surface area contributed by atoms with E-state index in [1.165, 1.54) is 0 Å². The van der Waals surface area contributed by atoms with Gasteiger partial charge in [0.15, 0.2) is 0 Å². The van der Waals surface area contributed by atoms with Crippen LogP contribution >= 0.6 is 0 Å². The summed E-state index contributed by atoms with van der Waals surface area (Å²) in [6, 6.07) is 0. The zero-order valence-electron chi connectivity index (χ0n) is 10.2. The van der Waals surface area contributed by atoms with Crippen LogP contribution in [0, 0.1) is 17.3 Å². The maximum atomic E-state index is 11.2. The molecule has 0 radical (unpaired) electrons. The molecule has 0 spiro atoms. The fourth-order valence-electron chi connectivity index (χ4n) is 3.27. The van der Waals surface area contributed by atoms with Gasteiger partial charge in [-0.05, 0) is 50.4 Å². The van der Waals surface area contributed by atoms with Gasteiger partial charge in [0.1, 0.15) is 0 Å². The Labute approximate surface area is 96.9 Å². The van der Waals surface area contributed by atoms with Crippen LogP contribution in [-0.4, -0.2) is 21.8 Å². The number of aliphatic hydroxyl groups is 1. The van der Waals surface area contributed by atoms with E-state index in [9.17, 15) is 15.0 Å². The molecule has 0 aromatic rings. The summed E-state index contributed by atoms with van der Waals surface area (Å²) in [6.07, 6.45) is 4.60. The Kier molecular flexibility index (Phi) is 2.77. The Morgan fingerprint density at radius 2 is 1.69 bits per heavy atom. The van der Waals surface area contributed by atoms with Gasteiger partial charge in [0, 0.05) is 0 Å². The molecule has 0 aromatic heterocycles. The van der Waals surface area contributed by atoms with E-state index < -0.39 is 17.0 Å². The summed E-state index contributed by atoms with van der Waals surface area (Å²) in [5.74, 6) is 0.507. The molecule has 2 aliphatic rings. The first kappa shape index (κ1) is 11.9. The molecule has 2 N–H and O–H groups in total. The highest BCUT2D eigenvalue weighted by molar-refractivity contribution is 5.79. The number of aliphatic carboxylic acids is 1. The van der Waals surface area contributed by atoms with E-state index in [0.29, 0.717) is 37.5 Å². The van der Waals surface area contributed by atoms with E-state index in [0.717, 1.165) is 12.8 Å². The topological polar surface area (TPSA) is 57.5 Å². The minimum atomic E-state index is -0.926. The van der Waals surface area contributed by atoms with E-state index in [1.54, 1.807) is 0 Å². The van der Waals surface area contributed by atoms with E-state index in [4.69, 9.17) is 0 Å². The molecule has 0 atom stereocenters. The fraction of sp³-hybridized carbons (Fsp3) is 0.923. The lowest BCUT2D eigenvalue weighted by Crippen LogP contribution is -2.47. The van der Waals surface area contributed by atoms with E-state index in [-0.39, 0.29) is 0 Å². The summed E-state index contributed by atoms with van der Waals surface area (Å²) < 4.78 is 0. The average Bonchev–Trinajstić information content (AvgIpc) is 2.98. The first-order valence-electron chi connectivity index (χ1n) is 6.37.